The molecule has 3 aromatic heterocycles. The first-order chi connectivity index (χ1) is 11.8. The van der Waals surface area contributed by atoms with Gasteiger partial charge in [-0.05, 0) is 48.5 Å². The highest BCUT2D eigenvalue weighted by atomic mass is 16.1. The Hall–Kier alpha value is -3.54. The van der Waals surface area contributed by atoms with E-state index in [9.17, 15) is 4.79 Å². The van der Waals surface area contributed by atoms with E-state index in [1.807, 2.05) is 53.1 Å². The van der Waals surface area contributed by atoms with Crippen molar-refractivity contribution in [3.8, 4) is 11.4 Å². The van der Waals surface area contributed by atoms with Crippen molar-refractivity contribution in [3.63, 3.8) is 0 Å². The normalized spacial score (nSPS) is 10.7. The summed E-state index contributed by atoms with van der Waals surface area (Å²) in [6.45, 7) is 0. The quantitative estimate of drug-likeness (QED) is 0.631. The Morgan fingerprint density at radius 2 is 1.75 bits per heavy atom. The molecule has 0 radical (unpaired) electrons. The molecule has 1 amide bonds. The fraction of sp³-hybridized carbons (Fsp3) is 0. The maximum atomic E-state index is 12.1. The van der Waals surface area contributed by atoms with Crippen LogP contribution in [0.25, 0.3) is 17.0 Å². The third-order valence-corrected chi connectivity index (χ3v) is 3.61. The predicted octanol–water partition coefficient (Wildman–Crippen LogP) is 3.04. The standard InChI is InChI=1S/C18H13N5O/c24-18(15-5-1-3-11-19-15)20-14-9-7-13(8-10-14)17-22-21-16-6-2-4-12-23(16)17/h1-12H,(H,20,24). The van der Waals surface area contributed by atoms with Crippen LogP contribution in [0.2, 0.25) is 0 Å². The topological polar surface area (TPSA) is 72.2 Å². The number of pyridine rings is 2. The number of nitrogens with one attached hydrogen (secondary N) is 1. The third-order valence-electron chi connectivity index (χ3n) is 3.61. The molecule has 0 aliphatic heterocycles. The average Bonchev–Trinajstić information content (AvgIpc) is 3.07. The number of carbonyl (C=O) groups excluding carboxylic acids is 1. The van der Waals surface area contributed by atoms with Gasteiger partial charge in [-0.2, -0.15) is 0 Å². The maximum Gasteiger partial charge on any atom is 0.274 e. The number of rotatable bonds is 3. The first kappa shape index (κ1) is 14.1. The Balaban J connectivity index is 1.58. The summed E-state index contributed by atoms with van der Waals surface area (Å²) in [5.74, 6) is 0.518. The summed E-state index contributed by atoms with van der Waals surface area (Å²) in [6.07, 6.45) is 3.51. The molecule has 0 bridgehead atoms. The molecular weight excluding hydrogens is 302 g/mol. The number of aromatic nitrogens is 4. The van der Waals surface area contributed by atoms with E-state index in [0.29, 0.717) is 11.4 Å². The van der Waals surface area contributed by atoms with Crippen molar-refractivity contribution >= 4 is 17.2 Å². The van der Waals surface area contributed by atoms with Gasteiger partial charge < -0.3 is 5.32 Å². The number of hydrogen-bond donors (Lipinski definition) is 1. The summed E-state index contributed by atoms with van der Waals surface area (Å²) in [5, 5.41) is 11.2. The number of fused-ring (bicyclic) bond motifs is 1. The SMILES string of the molecule is O=C(Nc1ccc(-c2nnc3ccccn23)cc1)c1ccccn1. The highest BCUT2D eigenvalue weighted by molar-refractivity contribution is 6.02. The van der Waals surface area contributed by atoms with Crippen molar-refractivity contribution in [1.29, 1.82) is 0 Å². The second kappa shape index (κ2) is 5.92. The van der Waals surface area contributed by atoms with Gasteiger partial charge in [0.25, 0.3) is 5.91 Å². The lowest BCUT2D eigenvalue weighted by atomic mass is 10.2. The molecule has 116 valence electrons. The summed E-state index contributed by atoms with van der Waals surface area (Å²) in [7, 11) is 0. The monoisotopic (exact) mass is 315 g/mol. The lowest BCUT2D eigenvalue weighted by molar-refractivity contribution is 0.102. The van der Waals surface area contributed by atoms with E-state index in [-0.39, 0.29) is 5.91 Å². The molecule has 1 aromatic carbocycles. The minimum absolute atomic E-state index is 0.240. The van der Waals surface area contributed by atoms with Crippen molar-refractivity contribution in [1.82, 2.24) is 19.6 Å². The molecule has 0 spiro atoms. The van der Waals surface area contributed by atoms with Crippen LogP contribution in [0, 0.1) is 0 Å². The van der Waals surface area contributed by atoms with Crippen LogP contribution < -0.4 is 5.32 Å². The summed E-state index contributed by atoms with van der Waals surface area (Å²) in [5.41, 5.74) is 2.79. The van der Waals surface area contributed by atoms with E-state index >= 15 is 0 Å². The molecule has 0 saturated carbocycles. The molecule has 0 aliphatic carbocycles. The van der Waals surface area contributed by atoms with E-state index in [4.69, 9.17) is 0 Å². The van der Waals surface area contributed by atoms with Crippen molar-refractivity contribution in [3.05, 3.63) is 78.8 Å². The van der Waals surface area contributed by atoms with Crippen LogP contribution in [0.1, 0.15) is 10.5 Å². The van der Waals surface area contributed by atoms with Gasteiger partial charge in [-0.3, -0.25) is 14.2 Å². The minimum atomic E-state index is -0.240. The zero-order chi connectivity index (χ0) is 16.4. The summed E-state index contributed by atoms with van der Waals surface area (Å²) < 4.78 is 1.92. The Morgan fingerprint density at radius 3 is 2.54 bits per heavy atom. The van der Waals surface area contributed by atoms with Gasteiger partial charge in [0, 0.05) is 23.6 Å². The van der Waals surface area contributed by atoms with E-state index in [1.165, 1.54) is 0 Å². The Labute approximate surface area is 137 Å². The molecule has 0 atom stereocenters. The van der Waals surface area contributed by atoms with Crippen molar-refractivity contribution < 1.29 is 4.79 Å². The van der Waals surface area contributed by atoms with Gasteiger partial charge >= 0.3 is 0 Å². The van der Waals surface area contributed by atoms with Gasteiger partial charge in [-0.15, -0.1) is 10.2 Å². The lowest BCUT2D eigenvalue weighted by Gasteiger charge is -2.05. The molecule has 0 unspecified atom stereocenters. The molecule has 4 rings (SSSR count). The zero-order valence-corrected chi connectivity index (χ0v) is 12.6. The van der Waals surface area contributed by atoms with E-state index in [0.717, 1.165) is 17.0 Å². The number of benzene rings is 1. The second-order valence-electron chi connectivity index (χ2n) is 5.20. The highest BCUT2D eigenvalue weighted by Crippen LogP contribution is 2.20. The number of carbonyl (C=O) groups is 1. The van der Waals surface area contributed by atoms with Gasteiger partial charge in [0.05, 0.1) is 0 Å². The molecule has 24 heavy (non-hydrogen) atoms. The predicted molar refractivity (Wildman–Crippen MR) is 90.6 cm³/mol. The third kappa shape index (κ3) is 2.61. The number of hydrogen-bond acceptors (Lipinski definition) is 4. The number of nitrogens with zero attached hydrogens (tertiary/aromatic N) is 4. The van der Waals surface area contributed by atoms with Gasteiger partial charge in [0.2, 0.25) is 0 Å². The first-order valence-corrected chi connectivity index (χ1v) is 7.44. The van der Waals surface area contributed by atoms with E-state index in [1.54, 1.807) is 24.4 Å². The van der Waals surface area contributed by atoms with Crippen LogP contribution in [-0.2, 0) is 0 Å². The maximum absolute atomic E-state index is 12.1. The van der Waals surface area contributed by atoms with Crippen LogP contribution in [0.15, 0.2) is 73.1 Å². The van der Waals surface area contributed by atoms with Gasteiger partial charge in [0.15, 0.2) is 11.5 Å². The summed E-state index contributed by atoms with van der Waals surface area (Å²) >= 11 is 0. The van der Waals surface area contributed by atoms with Crippen LogP contribution in [0.3, 0.4) is 0 Å². The first-order valence-electron chi connectivity index (χ1n) is 7.44. The fourth-order valence-electron chi connectivity index (χ4n) is 2.43. The van der Waals surface area contributed by atoms with Crippen molar-refractivity contribution in [2.24, 2.45) is 0 Å². The van der Waals surface area contributed by atoms with Crippen LogP contribution >= 0.6 is 0 Å². The van der Waals surface area contributed by atoms with Gasteiger partial charge in [-0.25, -0.2) is 0 Å². The summed E-state index contributed by atoms with van der Waals surface area (Å²) in [4.78, 5) is 16.1. The van der Waals surface area contributed by atoms with Gasteiger partial charge in [-0.1, -0.05) is 12.1 Å². The number of anilines is 1. The molecule has 6 nitrogen and oxygen atoms in total. The van der Waals surface area contributed by atoms with E-state index < -0.39 is 0 Å². The Morgan fingerprint density at radius 1 is 0.917 bits per heavy atom. The van der Waals surface area contributed by atoms with E-state index in [2.05, 4.69) is 20.5 Å². The molecular formula is C18H13N5O. The minimum Gasteiger partial charge on any atom is -0.321 e. The molecule has 4 aromatic rings. The lowest BCUT2D eigenvalue weighted by Crippen LogP contribution is -2.13. The molecule has 1 N–H and O–H groups in total. The Kier molecular flexibility index (Phi) is 3.47. The fourth-order valence-corrected chi connectivity index (χ4v) is 2.43. The molecule has 0 saturated heterocycles. The number of amides is 1. The largest absolute Gasteiger partial charge is 0.321 e. The van der Waals surface area contributed by atoms with Crippen LogP contribution in [0.5, 0.6) is 0 Å². The van der Waals surface area contributed by atoms with Gasteiger partial charge in [0.1, 0.15) is 5.69 Å². The zero-order valence-electron chi connectivity index (χ0n) is 12.6. The Bertz CT molecular complexity index is 993. The smallest absolute Gasteiger partial charge is 0.274 e. The van der Waals surface area contributed by atoms with Crippen LogP contribution in [-0.4, -0.2) is 25.5 Å². The highest BCUT2D eigenvalue weighted by Gasteiger charge is 2.09. The molecule has 0 fully saturated rings. The summed E-state index contributed by atoms with van der Waals surface area (Å²) in [6, 6.07) is 18.4. The van der Waals surface area contributed by atoms with Crippen molar-refractivity contribution in [2.45, 2.75) is 0 Å². The average molecular weight is 315 g/mol. The molecule has 3 heterocycles. The molecule has 6 heteroatoms. The second-order valence-corrected chi connectivity index (χ2v) is 5.20. The molecule has 0 aliphatic rings. The van der Waals surface area contributed by atoms with Crippen molar-refractivity contribution in [2.75, 3.05) is 5.32 Å². The van der Waals surface area contributed by atoms with Crippen LogP contribution in [0.4, 0.5) is 5.69 Å².